The summed E-state index contributed by atoms with van der Waals surface area (Å²) in [5.41, 5.74) is 0.128. The van der Waals surface area contributed by atoms with E-state index in [1.54, 1.807) is 14.2 Å². The molecule has 4 aromatic rings. The Balaban J connectivity index is 1.50. The number of aromatic amines is 1. The summed E-state index contributed by atoms with van der Waals surface area (Å²) in [6, 6.07) is 24.9. The van der Waals surface area contributed by atoms with E-state index in [4.69, 9.17) is 18.9 Å². The van der Waals surface area contributed by atoms with E-state index in [2.05, 4.69) is 10.3 Å². The van der Waals surface area contributed by atoms with Crippen molar-refractivity contribution in [2.24, 2.45) is 0 Å². The molecule has 2 heterocycles. The molecule has 11 heteroatoms. The van der Waals surface area contributed by atoms with Crippen molar-refractivity contribution in [3.05, 3.63) is 128 Å². The van der Waals surface area contributed by atoms with Crippen LogP contribution in [0.5, 0.6) is 11.5 Å². The first-order valence-electron chi connectivity index (χ1n) is 14.1. The van der Waals surface area contributed by atoms with Gasteiger partial charge >= 0.3 is 5.69 Å². The molecule has 0 saturated carbocycles. The van der Waals surface area contributed by atoms with Gasteiger partial charge in [0.05, 0.1) is 38.6 Å². The van der Waals surface area contributed by atoms with Crippen LogP contribution < -0.4 is 26.0 Å². The van der Waals surface area contributed by atoms with Gasteiger partial charge in [0, 0.05) is 19.7 Å². The average Bonchev–Trinajstić information content (AvgIpc) is 3.43. The molecule has 1 fully saturated rings. The number of aromatic nitrogens is 2. The number of carbonyl (C=O) groups is 1. The van der Waals surface area contributed by atoms with Gasteiger partial charge < -0.3 is 29.4 Å². The first-order chi connectivity index (χ1) is 21.3. The topological polar surface area (TPSA) is 141 Å². The highest BCUT2D eigenvalue weighted by atomic mass is 16.6. The number of carbonyl (C=O) groups excluding carboxylic acids is 1. The summed E-state index contributed by atoms with van der Waals surface area (Å²) in [5, 5.41) is 13.5. The normalized spacial score (nSPS) is 18.1. The maximum absolute atomic E-state index is 12.7. The lowest BCUT2D eigenvalue weighted by molar-refractivity contribution is -0.121. The van der Waals surface area contributed by atoms with Gasteiger partial charge in [0.1, 0.15) is 29.7 Å². The third-order valence-corrected chi connectivity index (χ3v) is 7.84. The summed E-state index contributed by atoms with van der Waals surface area (Å²) in [5.74, 6) is 0.967. The molecule has 0 bridgehead atoms. The number of methoxy groups -OCH3 is 2. The first kappa shape index (κ1) is 30.7. The largest absolute Gasteiger partial charge is 0.497 e. The maximum Gasteiger partial charge on any atom is 0.328 e. The van der Waals surface area contributed by atoms with Crippen LogP contribution in [0.4, 0.5) is 0 Å². The smallest absolute Gasteiger partial charge is 0.328 e. The Morgan fingerprint density at radius 1 is 0.955 bits per heavy atom. The van der Waals surface area contributed by atoms with Crippen molar-refractivity contribution in [3.63, 3.8) is 0 Å². The van der Waals surface area contributed by atoms with E-state index in [0.717, 1.165) is 21.3 Å². The van der Waals surface area contributed by atoms with Gasteiger partial charge in [0.15, 0.2) is 0 Å². The van der Waals surface area contributed by atoms with E-state index in [0.29, 0.717) is 11.5 Å². The van der Waals surface area contributed by atoms with E-state index in [-0.39, 0.29) is 25.1 Å². The van der Waals surface area contributed by atoms with Crippen molar-refractivity contribution in [2.75, 3.05) is 27.9 Å². The molecule has 0 radical (unpaired) electrons. The van der Waals surface area contributed by atoms with Crippen molar-refractivity contribution in [1.29, 1.82) is 0 Å². The third-order valence-electron chi connectivity index (χ3n) is 7.84. The molecule has 0 aliphatic carbocycles. The Kier molecular flexibility index (Phi) is 9.29. The fourth-order valence-corrected chi connectivity index (χ4v) is 5.47. The summed E-state index contributed by atoms with van der Waals surface area (Å²) in [6.45, 7) is -0.315. The Morgan fingerprint density at radius 2 is 1.52 bits per heavy atom. The standard InChI is InChI=1S/C33H35N3O8/c1-34-30(38)19-36-18-26(31(39)35-32(36)40)28-17-27(37)29(44-28)20-43-33(21-7-5-4-6-8-21,22-9-13-24(41-2)14-10-22)23-11-15-25(42-3)16-12-23/h4-16,18,27-29,37H,17,19-20H2,1-3H3,(H,34,38)(H,35,39,40)/t27-,28+,29+/m0/s1. The summed E-state index contributed by atoms with van der Waals surface area (Å²) >= 11 is 0. The molecule has 44 heavy (non-hydrogen) atoms. The number of amides is 1. The number of nitrogens with zero attached hydrogens (tertiary/aromatic N) is 1. The fraction of sp³-hybridized carbons (Fsp3) is 0.303. The second-order valence-corrected chi connectivity index (χ2v) is 10.4. The molecule has 0 unspecified atom stereocenters. The van der Waals surface area contributed by atoms with E-state index in [1.165, 1.54) is 13.2 Å². The summed E-state index contributed by atoms with van der Waals surface area (Å²) in [6.07, 6.45) is -1.21. The van der Waals surface area contributed by atoms with Crippen LogP contribution in [0.1, 0.15) is 34.8 Å². The zero-order chi connectivity index (χ0) is 31.3. The van der Waals surface area contributed by atoms with Crippen LogP contribution in [0.25, 0.3) is 0 Å². The average molecular weight is 602 g/mol. The van der Waals surface area contributed by atoms with Crippen molar-refractivity contribution in [2.45, 2.75) is 36.9 Å². The minimum Gasteiger partial charge on any atom is -0.497 e. The second kappa shape index (κ2) is 13.3. The highest BCUT2D eigenvalue weighted by molar-refractivity contribution is 5.75. The molecule has 230 valence electrons. The van der Waals surface area contributed by atoms with Crippen LogP contribution in [0.15, 0.2) is 94.6 Å². The number of hydrogen-bond donors (Lipinski definition) is 3. The Morgan fingerprint density at radius 3 is 2.07 bits per heavy atom. The number of rotatable bonds is 11. The van der Waals surface area contributed by atoms with E-state index in [1.807, 2.05) is 78.9 Å². The van der Waals surface area contributed by atoms with Crippen LogP contribution >= 0.6 is 0 Å². The molecule has 3 N–H and O–H groups in total. The van der Waals surface area contributed by atoms with Gasteiger partial charge in [0.25, 0.3) is 5.56 Å². The molecule has 5 rings (SSSR count). The van der Waals surface area contributed by atoms with Gasteiger partial charge in [-0.05, 0) is 41.0 Å². The van der Waals surface area contributed by atoms with Crippen molar-refractivity contribution in [3.8, 4) is 11.5 Å². The van der Waals surface area contributed by atoms with Gasteiger partial charge in [0.2, 0.25) is 5.91 Å². The van der Waals surface area contributed by atoms with Crippen LogP contribution in [0, 0.1) is 0 Å². The van der Waals surface area contributed by atoms with E-state index >= 15 is 0 Å². The van der Waals surface area contributed by atoms with Crippen molar-refractivity contribution >= 4 is 5.91 Å². The highest BCUT2D eigenvalue weighted by Crippen LogP contribution is 2.43. The molecule has 1 aromatic heterocycles. The lowest BCUT2D eigenvalue weighted by atomic mass is 9.80. The molecule has 11 nitrogen and oxygen atoms in total. The minimum absolute atomic E-state index is 0.0413. The van der Waals surface area contributed by atoms with Gasteiger partial charge in [-0.25, -0.2) is 4.79 Å². The second-order valence-electron chi connectivity index (χ2n) is 10.4. The number of ether oxygens (including phenoxy) is 4. The van der Waals surface area contributed by atoms with Crippen LogP contribution in [0.2, 0.25) is 0 Å². The zero-order valence-electron chi connectivity index (χ0n) is 24.7. The SMILES string of the molecule is CNC(=O)Cn1cc([C@H]2C[C@H](O)[C@@H](COC(c3ccccc3)(c3ccc(OC)cc3)c3ccc(OC)cc3)O2)c(=O)[nH]c1=O. The predicted octanol–water partition coefficient (Wildman–Crippen LogP) is 2.50. The lowest BCUT2D eigenvalue weighted by Crippen LogP contribution is -2.38. The van der Waals surface area contributed by atoms with Crippen molar-refractivity contribution < 1.29 is 28.8 Å². The number of aliphatic hydroxyl groups is 1. The maximum atomic E-state index is 12.7. The molecule has 3 aromatic carbocycles. The number of benzene rings is 3. The predicted molar refractivity (Wildman–Crippen MR) is 162 cm³/mol. The molecule has 1 aliphatic rings. The molecule has 0 spiro atoms. The third kappa shape index (κ3) is 6.16. The molecular formula is C33H35N3O8. The number of aliphatic hydroxyl groups excluding tert-OH is 1. The summed E-state index contributed by atoms with van der Waals surface area (Å²) in [4.78, 5) is 39.2. The van der Waals surface area contributed by atoms with Crippen LogP contribution in [-0.4, -0.2) is 60.6 Å². The monoisotopic (exact) mass is 601 g/mol. The molecule has 1 amide bonds. The Labute approximate surface area is 254 Å². The Bertz CT molecular complexity index is 1640. The van der Waals surface area contributed by atoms with Gasteiger partial charge in [-0.1, -0.05) is 54.6 Å². The van der Waals surface area contributed by atoms with Crippen LogP contribution in [0.3, 0.4) is 0 Å². The van der Waals surface area contributed by atoms with Gasteiger partial charge in [-0.2, -0.15) is 0 Å². The first-order valence-corrected chi connectivity index (χ1v) is 14.1. The number of nitrogens with one attached hydrogen (secondary N) is 2. The molecular weight excluding hydrogens is 566 g/mol. The van der Waals surface area contributed by atoms with E-state index in [9.17, 15) is 19.5 Å². The number of hydrogen-bond acceptors (Lipinski definition) is 8. The number of H-pyrrole nitrogens is 1. The number of likely N-dealkylation sites (N-methyl/N-ethyl adjacent to an activating group) is 1. The molecule has 1 aliphatic heterocycles. The molecule has 1 saturated heterocycles. The fourth-order valence-electron chi connectivity index (χ4n) is 5.47. The Hall–Kier alpha value is -4.71. The van der Waals surface area contributed by atoms with Gasteiger partial charge in [-0.15, -0.1) is 0 Å². The summed E-state index contributed by atoms with van der Waals surface area (Å²) < 4.78 is 25.0. The zero-order valence-corrected chi connectivity index (χ0v) is 24.7. The molecule has 3 atom stereocenters. The lowest BCUT2D eigenvalue weighted by Gasteiger charge is -2.37. The summed E-state index contributed by atoms with van der Waals surface area (Å²) in [7, 11) is 4.66. The quantitative estimate of drug-likeness (QED) is 0.223. The van der Waals surface area contributed by atoms with Crippen LogP contribution in [-0.2, 0) is 26.4 Å². The van der Waals surface area contributed by atoms with E-state index < -0.39 is 41.1 Å². The van der Waals surface area contributed by atoms with Gasteiger partial charge in [-0.3, -0.25) is 19.1 Å². The highest BCUT2D eigenvalue weighted by Gasteiger charge is 2.42. The van der Waals surface area contributed by atoms with Crippen molar-refractivity contribution in [1.82, 2.24) is 14.9 Å². The minimum atomic E-state index is -1.13.